The van der Waals surface area contributed by atoms with Gasteiger partial charge in [0, 0.05) is 12.6 Å². The summed E-state index contributed by atoms with van der Waals surface area (Å²) in [6.07, 6.45) is 2.19. The Bertz CT molecular complexity index is 1270. The smallest absolute Gasteiger partial charge is 0.252 e. The molecule has 0 radical (unpaired) electrons. The number of aromatic nitrogens is 3. The predicted molar refractivity (Wildman–Crippen MR) is 126 cm³/mol. The molecule has 3 heterocycles. The van der Waals surface area contributed by atoms with Gasteiger partial charge in [-0.25, -0.2) is 9.67 Å². The van der Waals surface area contributed by atoms with Crippen LogP contribution in [0.25, 0.3) is 22.5 Å². The predicted octanol–water partition coefficient (Wildman–Crippen LogP) is 4.75. The number of furan rings is 1. The van der Waals surface area contributed by atoms with Gasteiger partial charge in [-0.15, -0.1) is 0 Å². The molecule has 1 amide bonds. The molecule has 0 spiro atoms. The molecule has 10 heteroatoms. The summed E-state index contributed by atoms with van der Waals surface area (Å²) in [5.74, 6) is 0.516. The molecule has 0 bridgehead atoms. The number of pyridine rings is 1. The van der Waals surface area contributed by atoms with Crippen LogP contribution in [0.5, 0.6) is 5.75 Å². The minimum absolute atomic E-state index is 0.0325. The summed E-state index contributed by atoms with van der Waals surface area (Å²) in [6, 6.07) is 10.2. The van der Waals surface area contributed by atoms with E-state index in [9.17, 15) is 9.90 Å². The number of amides is 1. The number of hydrogen-bond acceptors (Lipinski definition) is 6. The maximum atomic E-state index is 13.0. The van der Waals surface area contributed by atoms with Crippen LogP contribution >= 0.6 is 23.2 Å². The van der Waals surface area contributed by atoms with Crippen LogP contribution in [-0.2, 0) is 0 Å². The molecule has 0 aliphatic carbocycles. The average Bonchev–Trinajstić information content (AvgIpc) is 3.48. The lowest BCUT2D eigenvalue weighted by molar-refractivity contribution is 0.0845. The van der Waals surface area contributed by atoms with Gasteiger partial charge in [0.2, 0.25) is 0 Å². The lowest BCUT2D eigenvalue weighted by Gasteiger charge is -2.15. The fraction of sp³-hybridized carbons (Fsp3) is 0.261. The largest absolute Gasteiger partial charge is 0.489 e. The number of hydrogen-bond donors (Lipinski definition) is 2. The van der Waals surface area contributed by atoms with Gasteiger partial charge in [-0.05, 0) is 44.2 Å². The van der Waals surface area contributed by atoms with Crippen LogP contribution in [0.4, 0.5) is 0 Å². The second kappa shape index (κ2) is 9.82. The molecule has 4 rings (SSSR count). The first-order valence-electron chi connectivity index (χ1n) is 10.3. The molecule has 3 aromatic heterocycles. The Labute approximate surface area is 200 Å². The monoisotopic (exact) mass is 488 g/mol. The molecule has 0 fully saturated rings. The fourth-order valence-electron chi connectivity index (χ4n) is 3.28. The molecular formula is C23H22Cl2N4O4. The molecule has 33 heavy (non-hydrogen) atoms. The topological polar surface area (TPSA) is 102 Å². The van der Waals surface area contributed by atoms with Crippen LogP contribution in [0.3, 0.4) is 0 Å². The third-order valence-electron chi connectivity index (χ3n) is 4.92. The highest BCUT2D eigenvalue weighted by atomic mass is 35.5. The van der Waals surface area contributed by atoms with Crippen molar-refractivity contribution >= 4 is 40.1 Å². The number of carbonyl (C=O) groups excluding carboxylic acids is 1. The molecule has 0 saturated heterocycles. The molecular weight excluding hydrogens is 467 g/mol. The van der Waals surface area contributed by atoms with Crippen molar-refractivity contribution in [3.63, 3.8) is 0 Å². The number of rotatable bonds is 8. The highest BCUT2D eigenvalue weighted by Gasteiger charge is 2.20. The zero-order valence-corrected chi connectivity index (χ0v) is 19.5. The molecule has 4 aromatic rings. The van der Waals surface area contributed by atoms with Crippen molar-refractivity contribution in [1.82, 2.24) is 20.1 Å². The lowest BCUT2D eigenvalue weighted by Crippen LogP contribution is -2.35. The summed E-state index contributed by atoms with van der Waals surface area (Å²) < 4.78 is 12.7. The van der Waals surface area contributed by atoms with E-state index in [4.69, 9.17) is 32.4 Å². The quantitative estimate of drug-likeness (QED) is 0.371. The van der Waals surface area contributed by atoms with Crippen molar-refractivity contribution in [2.45, 2.75) is 26.0 Å². The van der Waals surface area contributed by atoms with Crippen LogP contribution < -0.4 is 10.1 Å². The Morgan fingerprint density at radius 3 is 2.82 bits per heavy atom. The zero-order valence-electron chi connectivity index (χ0n) is 18.0. The fourth-order valence-corrected chi connectivity index (χ4v) is 3.63. The van der Waals surface area contributed by atoms with Gasteiger partial charge >= 0.3 is 0 Å². The standard InChI is InChI=1S/C23H22Cl2N4O4/c1-13(2)29-22-16(11-27-29)15(9-18(28-22)19-7-4-8-32-19)23(31)26-10-14(30)12-33-20-6-3-5-17(24)21(20)25/h3-9,11,13-14,30H,10,12H2,1-2H3,(H,26,31). The van der Waals surface area contributed by atoms with Gasteiger partial charge in [-0.2, -0.15) is 5.10 Å². The van der Waals surface area contributed by atoms with Crippen molar-refractivity contribution in [2.24, 2.45) is 0 Å². The second-order valence-corrected chi connectivity index (χ2v) is 8.46. The van der Waals surface area contributed by atoms with Crippen LogP contribution in [0, 0.1) is 0 Å². The highest BCUT2D eigenvalue weighted by Crippen LogP contribution is 2.31. The third kappa shape index (κ3) is 4.98. The van der Waals surface area contributed by atoms with Gasteiger partial charge in [0.15, 0.2) is 11.4 Å². The summed E-state index contributed by atoms with van der Waals surface area (Å²) in [4.78, 5) is 17.7. The van der Waals surface area contributed by atoms with Crippen LogP contribution in [0.2, 0.25) is 10.0 Å². The van der Waals surface area contributed by atoms with E-state index in [1.165, 1.54) is 0 Å². The van der Waals surface area contributed by atoms with Crippen molar-refractivity contribution < 1.29 is 19.1 Å². The van der Waals surface area contributed by atoms with Crippen molar-refractivity contribution in [3.05, 3.63) is 64.5 Å². The number of fused-ring (bicyclic) bond motifs is 1. The second-order valence-electron chi connectivity index (χ2n) is 7.68. The van der Waals surface area contributed by atoms with Crippen molar-refractivity contribution in [3.8, 4) is 17.2 Å². The van der Waals surface area contributed by atoms with Crippen molar-refractivity contribution in [1.29, 1.82) is 0 Å². The van der Waals surface area contributed by atoms with Crippen molar-refractivity contribution in [2.75, 3.05) is 13.2 Å². The maximum absolute atomic E-state index is 13.0. The number of aliphatic hydroxyl groups excluding tert-OH is 1. The number of aliphatic hydroxyl groups is 1. The molecule has 8 nitrogen and oxygen atoms in total. The molecule has 1 aromatic carbocycles. The normalized spacial score (nSPS) is 12.3. The third-order valence-corrected chi connectivity index (χ3v) is 5.72. The summed E-state index contributed by atoms with van der Waals surface area (Å²) >= 11 is 12.1. The summed E-state index contributed by atoms with van der Waals surface area (Å²) in [5, 5.41) is 18.7. The Hall–Kier alpha value is -3.07. The van der Waals surface area contributed by atoms with E-state index in [2.05, 4.69) is 15.4 Å². The van der Waals surface area contributed by atoms with Crippen LogP contribution in [-0.4, -0.2) is 45.0 Å². The first-order chi connectivity index (χ1) is 15.8. The molecule has 0 aliphatic heterocycles. The van der Waals surface area contributed by atoms with Gasteiger partial charge in [0.25, 0.3) is 5.91 Å². The van der Waals surface area contributed by atoms with Gasteiger partial charge < -0.3 is 19.6 Å². The highest BCUT2D eigenvalue weighted by molar-refractivity contribution is 6.42. The van der Waals surface area contributed by atoms with Gasteiger partial charge in [-0.3, -0.25) is 4.79 Å². The number of nitrogens with zero attached hydrogens (tertiary/aromatic N) is 3. The summed E-state index contributed by atoms with van der Waals surface area (Å²) in [6.45, 7) is 3.86. The van der Waals surface area contributed by atoms with E-state index in [0.29, 0.717) is 38.8 Å². The molecule has 172 valence electrons. The van der Waals surface area contributed by atoms with Crippen LogP contribution in [0.1, 0.15) is 30.2 Å². The Kier molecular flexibility index (Phi) is 6.88. The number of halogens is 2. The average molecular weight is 489 g/mol. The maximum Gasteiger partial charge on any atom is 0.252 e. The Balaban J connectivity index is 1.51. The van der Waals surface area contributed by atoms with Crippen LogP contribution in [0.15, 0.2) is 53.3 Å². The summed E-state index contributed by atoms with van der Waals surface area (Å²) in [5.41, 5.74) is 1.47. The van der Waals surface area contributed by atoms with E-state index in [0.717, 1.165) is 0 Å². The van der Waals surface area contributed by atoms with Gasteiger partial charge in [-0.1, -0.05) is 29.3 Å². The lowest BCUT2D eigenvalue weighted by atomic mass is 10.1. The SMILES string of the molecule is CC(C)n1ncc2c(C(=O)NCC(O)COc3cccc(Cl)c3Cl)cc(-c3ccco3)nc21. The minimum atomic E-state index is -0.968. The minimum Gasteiger partial charge on any atom is -0.489 e. The van der Waals surface area contributed by atoms with E-state index >= 15 is 0 Å². The first kappa shape index (κ1) is 23.1. The first-order valence-corrected chi connectivity index (χ1v) is 11.1. The number of nitrogens with one attached hydrogen (secondary N) is 1. The van der Waals surface area contributed by atoms with E-state index in [1.54, 1.807) is 53.5 Å². The van der Waals surface area contributed by atoms with Gasteiger partial charge in [0.1, 0.15) is 29.2 Å². The molecule has 1 atom stereocenters. The Morgan fingerprint density at radius 1 is 1.27 bits per heavy atom. The number of carbonyl (C=O) groups is 1. The molecule has 1 unspecified atom stereocenters. The zero-order chi connectivity index (χ0) is 23.5. The molecule has 0 aliphatic rings. The van der Waals surface area contributed by atoms with E-state index in [1.807, 2.05) is 13.8 Å². The Morgan fingerprint density at radius 2 is 2.09 bits per heavy atom. The van der Waals surface area contributed by atoms with E-state index < -0.39 is 6.10 Å². The number of ether oxygens (including phenoxy) is 1. The molecule has 0 saturated carbocycles. The summed E-state index contributed by atoms with van der Waals surface area (Å²) in [7, 11) is 0. The van der Waals surface area contributed by atoms with E-state index in [-0.39, 0.29) is 30.1 Å². The molecule has 2 N–H and O–H groups in total. The van der Waals surface area contributed by atoms with Gasteiger partial charge in [0.05, 0.1) is 28.4 Å². The number of benzene rings is 1.